The quantitative estimate of drug-likeness (QED) is 0.483. The van der Waals surface area contributed by atoms with E-state index in [1.165, 1.54) is 16.8 Å². The standard InChI is InChI=1S/C15H30BN/c1-11(13(17-10)15(5,6)7)12(16(8)9)14(2,3)4/h1-10H3/b12-11-,17-13?. The van der Waals surface area contributed by atoms with Gasteiger partial charge in [0.1, 0.15) is 0 Å². The van der Waals surface area contributed by atoms with Crippen LogP contribution in [0.25, 0.3) is 0 Å². The summed E-state index contributed by atoms with van der Waals surface area (Å²) in [5.41, 5.74) is 4.45. The fourth-order valence-corrected chi connectivity index (χ4v) is 3.05. The van der Waals surface area contributed by atoms with Crippen LogP contribution in [-0.4, -0.2) is 19.5 Å². The molecule has 0 aliphatic rings. The SMILES string of the molecule is CN=C(/C(C)=C(\B(C)C)C(C)(C)C)C(C)(C)C. The van der Waals surface area contributed by atoms with E-state index in [0.717, 1.165) is 0 Å². The molecule has 0 N–H and O–H groups in total. The Balaban J connectivity index is 5.83. The lowest BCUT2D eigenvalue weighted by atomic mass is 9.42. The Kier molecular flexibility index (Phi) is 5.25. The van der Waals surface area contributed by atoms with Gasteiger partial charge in [0.2, 0.25) is 0 Å². The number of hydrogen-bond acceptors (Lipinski definition) is 1. The summed E-state index contributed by atoms with van der Waals surface area (Å²) in [5, 5.41) is 0. The topological polar surface area (TPSA) is 12.4 Å². The van der Waals surface area contributed by atoms with Crippen molar-refractivity contribution in [2.75, 3.05) is 7.05 Å². The van der Waals surface area contributed by atoms with E-state index >= 15 is 0 Å². The van der Waals surface area contributed by atoms with Gasteiger partial charge in [-0.05, 0) is 17.9 Å². The van der Waals surface area contributed by atoms with Crippen molar-refractivity contribution in [3.05, 3.63) is 11.0 Å². The Bertz CT molecular complexity index is 322. The van der Waals surface area contributed by atoms with Gasteiger partial charge in [0, 0.05) is 18.2 Å². The highest BCUT2D eigenvalue weighted by Gasteiger charge is 2.28. The third kappa shape index (κ3) is 4.33. The summed E-state index contributed by atoms with van der Waals surface area (Å²) in [6, 6.07) is 0. The van der Waals surface area contributed by atoms with Gasteiger partial charge in [0.05, 0.1) is 0 Å². The van der Waals surface area contributed by atoms with Crippen molar-refractivity contribution in [1.29, 1.82) is 0 Å². The van der Waals surface area contributed by atoms with Crippen molar-refractivity contribution in [3.8, 4) is 0 Å². The van der Waals surface area contributed by atoms with Crippen molar-refractivity contribution < 1.29 is 0 Å². The zero-order chi connectivity index (χ0) is 14.0. The van der Waals surface area contributed by atoms with Crippen LogP contribution in [0.2, 0.25) is 13.6 Å². The molecule has 0 saturated carbocycles. The van der Waals surface area contributed by atoms with E-state index in [4.69, 9.17) is 0 Å². The van der Waals surface area contributed by atoms with Crippen molar-refractivity contribution in [2.45, 2.75) is 62.1 Å². The second-order valence-electron chi connectivity index (χ2n) is 7.27. The van der Waals surface area contributed by atoms with Gasteiger partial charge in [-0.1, -0.05) is 60.7 Å². The van der Waals surface area contributed by atoms with Crippen LogP contribution in [0, 0.1) is 10.8 Å². The molecule has 0 amide bonds. The molecular weight excluding hydrogens is 205 g/mol. The normalized spacial score (nSPS) is 15.8. The Morgan fingerprint density at radius 1 is 0.882 bits per heavy atom. The largest absolute Gasteiger partial charge is 0.292 e. The fraction of sp³-hybridized carbons (Fsp3) is 0.800. The molecule has 0 radical (unpaired) electrons. The fourth-order valence-electron chi connectivity index (χ4n) is 3.05. The highest BCUT2D eigenvalue weighted by Crippen LogP contribution is 2.33. The Morgan fingerprint density at radius 3 is 1.47 bits per heavy atom. The minimum absolute atomic E-state index is 0.115. The summed E-state index contributed by atoms with van der Waals surface area (Å²) in [7, 11) is 1.91. The van der Waals surface area contributed by atoms with Crippen LogP contribution in [0.4, 0.5) is 0 Å². The molecule has 0 aliphatic carbocycles. The van der Waals surface area contributed by atoms with Crippen molar-refractivity contribution >= 4 is 12.4 Å². The highest BCUT2D eigenvalue weighted by molar-refractivity contribution is 6.65. The molecule has 0 aromatic carbocycles. The summed E-state index contributed by atoms with van der Waals surface area (Å²) in [4.78, 5) is 4.53. The first-order chi connectivity index (χ1) is 7.42. The highest BCUT2D eigenvalue weighted by atomic mass is 14.7. The number of hydrogen-bond donors (Lipinski definition) is 0. The number of rotatable bonds is 2. The Hall–Kier alpha value is -0.525. The van der Waals surface area contributed by atoms with Crippen LogP contribution in [0.15, 0.2) is 16.0 Å². The van der Waals surface area contributed by atoms with Gasteiger partial charge in [-0.3, -0.25) is 4.99 Å². The molecule has 0 aromatic heterocycles. The van der Waals surface area contributed by atoms with Gasteiger partial charge < -0.3 is 0 Å². The molecule has 0 atom stereocenters. The lowest BCUT2D eigenvalue weighted by molar-refractivity contribution is 0.521. The first-order valence-electron chi connectivity index (χ1n) is 6.61. The molecular formula is C15H30BN. The predicted molar refractivity (Wildman–Crippen MR) is 82.5 cm³/mol. The van der Waals surface area contributed by atoms with Gasteiger partial charge in [-0.15, -0.1) is 0 Å². The molecule has 0 fully saturated rings. The van der Waals surface area contributed by atoms with Crippen LogP contribution >= 0.6 is 0 Å². The number of aliphatic imine (C=N–C) groups is 1. The molecule has 0 unspecified atom stereocenters. The van der Waals surface area contributed by atoms with Gasteiger partial charge in [0.25, 0.3) is 0 Å². The van der Waals surface area contributed by atoms with Gasteiger partial charge in [-0.2, -0.15) is 0 Å². The Morgan fingerprint density at radius 2 is 1.29 bits per heavy atom. The minimum atomic E-state index is 0.115. The van der Waals surface area contributed by atoms with E-state index in [1.54, 1.807) is 0 Å². The van der Waals surface area contributed by atoms with E-state index in [2.05, 4.69) is 67.1 Å². The van der Waals surface area contributed by atoms with E-state index in [1.807, 2.05) is 7.05 Å². The first-order valence-corrected chi connectivity index (χ1v) is 6.61. The third-order valence-electron chi connectivity index (χ3n) is 3.08. The van der Waals surface area contributed by atoms with E-state index in [9.17, 15) is 0 Å². The number of nitrogens with zero attached hydrogens (tertiary/aromatic N) is 1. The Labute approximate surface area is 109 Å². The lowest BCUT2D eigenvalue weighted by Gasteiger charge is -2.32. The van der Waals surface area contributed by atoms with E-state index in [-0.39, 0.29) is 10.8 Å². The maximum absolute atomic E-state index is 4.53. The summed E-state index contributed by atoms with van der Waals surface area (Å²) >= 11 is 0. The zero-order valence-electron chi connectivity index (χ0n) is 13.5. The molecule has 1 nitrogen and oxygen atoms in total. The maximum Gasteiger partial charge on any atom is 0.165 e. The summed E-state index contributed by atoms with van der Waals surface area (Å²) < 4.78 is 0. The predicted octanol–water partition coefficient (Wildman–Crippen LogP) is 4.76. The average molecular weight is 235 g/mol. The molecule has 0 rings (SSSR count). The summed E-state index contributed by atoms with van der Waals surface area (Å²) in [5.74, 6) is 0. The lowest BCUT2D eigenvalue weighted by Crippen LogP contribution is -2.29. The number of allylic oxidation sites excluding steroid dienone is 2. The van der Waals surface area contributed by atoms with Crippen molar-refractivity contribution in [1.82, 2.24) is 0 Å². The first kappa shape index (κ1) is 16.5. The molecule has 2 heteroatoms. The molecule has 0 aromatic rings. The molecule has 98 valence electrons. The van der Waals surface area contributed by atoms with Crippen LogP contribution in [0.1, 0.15) is 48.5 Å². The second-order valence-corrected chi connectivity index (χ2v) is 7.27. The van der Waals surface area contributed by atoms with Gasteiger partial charge in [-0.25, -0.2) is 0 Å². The third-order valence-corrected chi connectivity index (χ3v) is 3.08. The van der Waals surface area contributed by atoms with E-state index < -0.39 is 0 Å². The smallest absolute Gasteiger partial charge is 0.165 e. The molecule has 0 heterocycles. The average Bonchev–Trinajstić information content (AvgIpc) is 1.97. The van der Waals surface area contributed by atoms with Crippen molar-refractivity contribution in [3.63, 3.8) is 0 Å². The van der Waals surface area contributed by atoms with Gasteiger partial charge in [0.15, 0.2) is 6.71 Å². The summed E-state index contributed by atoms with van der Waals surface area (Å²) in [6.45, 7) is 20.9. The van der Waals surface area contributed by atoms with Crippen LogP contribution in [0.3, 0.4) is 0 Å². The molecule has 0 aliphatic heterocycles. The van der Waals surface area contributed by atoms with Gasteiger partial charge >= 0.3 is 0 Å². The van der Waals surface area contributed by atoms with Crippen LogP contribution < -0.4 is 0 Å². The molecule has 0 bridgehead atoms. The molecule has 0 spiro atoms. The second kappa shape index (κ2) is 5.41. The maximum atomic E-state index is 4.53. The molecule has 0 saturated heterocycles. The van der Waals surface area contributed by atoms with E-state index in [0.29, 0.717) is 6.71 Å². The van der Waals surface area contributed by atoms with Crippen molar-refractivity contribution in [2.24, 2.45) is 15.8 Å². The minimum Gasteiger partial charge on any atom is -0.292 e. The zero-order valence-corrected chi connectivity index (χ0v) is 13.5. The monoisotopic (exact) mass is 235 g/mol. The van der Waals surface area contributed by atoms with Crippen LogP contribution in [0.5, 0.6) is 0 Å². The summed E-state index contributed by atoms with van der Waals surface area (Å²) in [6.07, 6.45) is 0. The van der Waals surface area contributed by atoms with Crippen LogP contribution in [-0.2, 0) is 0 Å². The molecule has 17 heavy (non-hydrogen) atoms.